The summed E-state index contributed by atoms with van der Waals surface area (Å²) in [6, 6.07) is 0.552. The van der Waals surface area contributed by atoms with E-state index in [2.05, 4.69) is 29.2 Å². The van der Waals surface area contributed by atoms with Crippen molar-refractivity contribution >= 4 is 30.7 Å². The number of hydrogen-bond donors (Lipinski definition) is 1. The highest BCUT2D eigenvalue weighted by Gasteiger charge is 2.25. The van der Waals surface area contributed by atoms with E-state index in [0.29, 0.717) is 11.9 Å². The number of rotatable bonds is 4. The van der Waals surface area contributed by atoms with Gasteiger partial charge in [0, 0.05) is 25.6 Å². The summed E-state index contributed by atoms with van der Waals surface area (Å²) in [6.45, 7) is 4.16. The number of halogens is 2. The molecular weight excluding hydrogens is 309 g/mol. The molecule has 2 heterocycles. The average Bonchev–Trinajstić information content (AvgIpc) is 2.46. The number of carbonyl (C=O) groups is 1. The smallest absolute Gasteiger partial charge is 0.222 e. The maximum Gasteiger partial charge on any atom is 0.222 e. The highest BCUT2D eigenvalue weighted by molar-refractivity contribution is 5.85. The van der Waals surface area contributed by atoms with Gasteiger partial charge < -0.3 is 15.1 Å². The van der Waals surface area contributed by atoms with E-state index in [9.17, 15) is 4.79 Å². The van der Waals surface area contributed by atoms with Gasteiger partial charge in [-0.1, -0.05) is 0 Å². The molecule has 0 bridgehead atoms. The van der Waals surface area contributed by atoms with Crippen molar-refractivity contribution in [1.82, 2.24) is 15.1 Å². The van der Waals surface area contributed by atoms with Crippen LogP contribution in [0.15, 0.2) is 0 Å². The Labute approximate surface area is 141 Å². The van der Waals surface area contributed by atoms with Gasteiger partial charge in [-0.15, -0.1) is 24.8 Å². The lowest BCUT2D eigenvalue weighted by Crippen LogP contribution is -2.47. The lowest BCUT2D eigenvalue weighted by molar-refractivity contribution is -0.133. The Hall–Kier alpha value is -0.0300. The molecule has 2 aliphatic rings. The van der Waals surface area contributed by atoms with Crippen molar-refractivity contribution in [2.75, 3.05) is 40.3 Å². The van der Waals surface area contributed by atoms with Crippen LogP contribution in [0.4, 0.5) is 0 Å². The van der Waals surface area contributed by atoms with Gasteiger partial charge >= 0.3 is 0 Å². The largest absolute Gasteiger partial charge is 0.341 e. The molecule has 1 atom stereocenters. The molecular formula is C15H31Cl2N3O. The van der Waals surface area contributed by atoms with Gasteiger partial charge in [0.1, 0.15) is 0 Å². The highest BCUT2D eigenvalue weighted by atomic mass is 35.5. The summed E-state index contributed by atoms with van der Waals surface area (Å²) in [7, 11) is 4.24. The zero-order valence-corrected chi connectivity index (χ0v) is 15.0. The molecule has 21 heavy (non-hydrogen) atoms. The molecule has 4 nitrogen and oxygen atoms in total. The molecule has 2 aliphatic heterocycles. The first-order valence-electron chi connectivity index (χ1n) is 7.81. The van der Waals surface area contributed by atoms with E-state index in [1.807, 2.05) is 0 Å². The van der Waals surface area contributed by atoms with E-state index < -0.39 is 0 Å². The van der Waals surface area contributed by atoms with Crippen LogP contribution in [0.2, 0.25) is 0 Å². The number of piperidine rings is 2. The third kappa shape index (κ3) is 6.72. The fourth-order valence-corrected chi connectivity index (χ4v) is 3.26. The standard InChI is InChI=1S/C15H29N3O.2ClH/c1-17(2)14-4-3-11-18(12-14)15(19)6-5-13-7-9-16-10-8-13;;/h13-14,16H,3-12H2,1-2H3;2*1H. The summed E-state index contributed by atoms with van der Waals surface area (Å²) in [4.78, 5) is 16.6. The molecule has 0 aromatic carbocycles. The van der Waals surface area contributed by atoms with E-state index >= 15 is 0 Å². The molecule has 2 saturated heterocycles. The van der Waals surface area contributed by atoms with Crippen molar-refractivity contribution in [3.8, 4) is 0 Å². The van der Waals surface area contributed by atoms with E-state index in [1.54, 1.807) is 0 Å². The Kier molecular flexibility index (Phi) is 10.6. The summed E-state index contributed by atoms with van der Waals surface area (Å²) >= 11 is 0. The van der Waals surface area contributed by atoms with Crippen molar-refractivity contribution in [3.05, 3.63) is 0 Å². The van der Waals surface area contributed by atoms with E-state index in [-0.39, 0.29) is 24.8 Å². The van der Waals surface area contributed by atoms with Crippen molar-refractivity contribution in [2.24, 2.45) is 5.92 Å². The van der Waals surface area contributed by atoms with Crippen LogP contribution < -0.4 is 5.32 Å². The molecule has 0 saturated carbocycles. The van der Waals surface area contributed by atoms with Gasteiger partial charge in [-0.3, -0.25) is 4.79 Å². The second kappa shape index (κ2) is 10.7. The first-order chi connectivity index (χ1) is 9.16. The van der Waals surface area contributed by atoms with Crippen LogP contribution in [0.25, 0.3) is 0 Å². The first kappa shape index (κ1) is 21.0. The van der Waals surface area contributed by atoms with Gasteiger partial charge in [0.2, 0.25) is 5.91 Å². The van der Waals surface area contributed by atoms with E-state index in [1.165, 1.54) is 19.3 Å². The minimum absolute atomic E-state index is 0. The van der Waals surface area contributed by atoms with Crippen LogP contribution in [0.5, 0.6) is 0 Å². The Morgan fingerprint density at radius 1 is 1.19 bits per heavy atom. The second-order valence-electron chi connectivity index (χ2n) is 6.33. The molecule has 6 heteroatoms. The minimum atomic E-state index is 0. The maximum atomic E-state index is 12.3. The van der Waals surface area contributed by atoms with Crippen LogP contribution in [0.1, 0.15) is 38.5 Å². The van der Waals surface area contributed by atoms with Gasteiger partial charge in [-0.2, -0.15) is 0 Å². The fourth-order valence-electron chi connectivity index (χ4n) is 3.26. The zero-order chi connectivity index (χ0) is 13.7. The molecule has 0 aromatic rings. The molecule has 2 rings (SSSR count). The second-order valence-corrected chi connectivity index (χ2v) is 6.33. The number of nitrogens with one attached hydrogen (secondary N) is 1. The molecule has 1 unspecified atom stereocenters. The van der Waals surface area contributed by atoms with Crippen LogP contribution in [-0.4, -0.2) is 62.0 Å². The third-order valence-electron chi connectivity index (χ3n) is 4.70. The van der Waals surface area contributed by atoms with E-state index in [4.69, 9.17) is 0 Å². The van der Waals surface area contributed by atoms with Crippen LogP contribution in [0.3, 0.4) is 0 Å². The van der Waals surface area contributed by atoms with Gasteiger partial charge in [0.05, 0.1) is 0 Å². The van der Waals surface area contributed by atoms with Gasteiger partial charge in [-0.05, 0) is 65.2 Å². The lowest BCUT2D eigenvalue weighted by atomic mass is 9.92. The SMILES string of the molecule is CN(C)C1CCCN(C(=O)CCC2CCNCC2)C1.Cl.Cl. The number of likely N-dealkylation sites (N-methyl/N-ethyl adjacent to an activating group) is 1. The van der Waals surface area contributed by atoms with Gasteiger partial charge in [0.25, 0.3) is 0 Å². The van der Waals surface area contributed by atoms with Crippen molar-refractivity contribution in [2.45, 2.75) is 44.6 Å². The summed E-state index contributed by atoms with van der Waals surface area (Å²) in [5.41, 5.74) is 0. The monoisotopic (exact) mass is 339 g/mol. The van der Waals surface area contributed by atoms with Crippen LogP contribution >= 0.6 is 24.8 Å². The Bertz CT molecular complexity index is 297. The lowest BCUT2D eigenvalue weighted by Gasteiger charge is -2.36. The normalized spacial score (nSPS) is 23.4. The molecule has 0 aliphatic carbocycles. The number of carbonyl (C=O) groups excluding carboxylic acids is 1. The topological polar surface area (TPSA) is 35.6 Å². The minimum Gasteiger partial charge on any atom is -0.341 e. The Morgan fingerprint density at radius 3 is 2.48 bits per heavy atom. The zero-order valence-electron chi connectivity index (χ0n) is 13.3. The predicted octanol–water partition coefficient (Wildman–Crippen LogP) is 2.16. The summed E-state index contributed by atoms with van der Waals surface area (Å²) in [6.07, 6.45) is 6.71. The molecule has 0 aromatic heterocycles. The Balaban J connectivity index is 0.00000200. The third-order valence-corrected chi connectivity index (χ3v) is 4.70. The number of likely N-dealkylation sites (tertiary alicyclic amines) is 1. The molecule has 2 fully saturated rings. The number of amides is 1. The quantitative estimate of drug-likeness (QED) is 0.852. The molecule has 1 amide bonds. The number of nitrogens with zero attached hydrogens (tertiary/aromatic N) is 2. The summed E-state index contributed by atoms with van der Waals surface area (Å²) in [5.74, 6) is 1.14. The van der Waals surface area contributed by atoms with Crippen molar-refractivity contribution in [1.29, 1.82) is 0 Å². The maximum absolute atomic E-state index is 12.3. The molecule has 126 valence electrons. The molecule has 0 radical (unpaired) electrons. The summed E-state index contributed by atoms with van der Waals surface area (Å²) in [5, 5.41) is 3.38. The highest BCUT2D eigenvalue weighted by Crippen LogP contribution is 2.20. The fraction of sp³-hybridized carbons (Fsp3) is 0.933. The van der Waals surface area contributed by atoms with Crippen LogP contribution in [0, 0.1) is 5.92 Å². The predicted molar refractivity (Wildman–Crippen MR) is 92.6 cm³/mol. The van der Waals surface area contributed by atoms with Crippen molar-refractivity contribution in [3.63, 3.8) is 0 Å². The molecule has 0 spiro atoms. The number of hydrogen-bond acceptors (Lipinski definition) is 3. The van der Waals surface area contributed by atoms with Crippen LogP contribution in [-0.2, 0) is 4.79 Å². The van der Waals surface area contributed by atoms with Gasteiger partial charge in [-0.25, -0.2) is 0 Å². The molecule has 1 N–H and O–H groups in total. The Morgan fingerprint density at radius 2 is 1.86 bits per heavy atom. The van der Waals surface area contributed by atoms with E-state index in [0.717, 1.165) is 51.4 Å². The summed E-state index contributed by atoms with van der Waals surface area (Å²) < 4.78 is 0. The first-order valence-corrected chi connectivity index (χ1v) is 7.81. The van der Waals surface area contributed by atoms with Gasteiger partial charge in [0.15, 0.2) is 0 Å². The van der Waals surface area contributed by atoms with Crippen molar-refractivity contribution < 1.29 is 4.79 Å². The average molecular weight is 340 g/mol.